The van der Waals surface area contributed by atoms with Crippen molar-refractivity contribution >= 4 is 0 Å². The summed E-state index contributed by atoms with van der Waals surface area (Å²) in [6.07, 6.45) is 12.8. The fourth-order valence-electron chi connectivity index (χ4n) is 2.25. The van der Waals surface area contributed by atoms with Crippen LogP contribution in [0.25, 0.3) is 0 Å². The van der Waals surface area contributed by atoms with Gasteiger partial charge >= 0.3 is 0 Å². The van der Waals surface area contributed by atoms with Crippen LogP contribution >= 0.6 is 0 Å². The van der Waals surface area contributed by atoms with Crippen molar-refractivity contribution < 1.29 is 0 Å². The maximum absolute atomic E-state index is 3.75. The second-order valence-corrected chi connectivity index (χ2v) is 5.21. The molecule has 0 unspecified atom stereocenters. The number of nitrogens with one attached hydrogen (secondary N) is 1. The van der Waals surface area contributed by atoms with Crippen molar-refractivity contribution in [3.63, 3.8) is 0 Å². The van der Waals surface area contributed by atoms with Crippen molar-refractivity contribution in [3.05, 3.63) is 48.6 Å². The van der Waals surface area contributed by atoms with E-state index in [1.807, 2.05) is 6.08 Å². The van der Waals surface area contributed by atoms with Gasteiger partial charge in [-0.15, -0.1) is 6.58 Å². The van der Waals surface area contributed by atoms with Gasteiger partial charge in [0.05, 0.1) is 0 Å². The van der Waals surface area contributed by atoms with Crippen LogP contribution in [0.3, 0.4) is 0 Å². The summed E-state index contributed by atoms with van der Waals surface area (Å²) in [7, 11) is 0. The van der Waals surface area contributed by atoms with Crippen molar-refractivity contribution in [2.75, 3.05) is 6.54 Å². The Morgan fingerprint density at radius 2 is 1.47 bits per heavy atom. The summed E-state index contributed by atoms with van der Waals surface area (Å²) in [6, 6.07) is 10.6. The Kier molecular flexibility index (Phi) is 10.1. The molecule has 0 aliphatic carbocycles. The molecule has 1 rings (SSSR count). The van der Waals surface area contributed by atoms with Crippen LogP contribution < -0.4 is 5.32 Å². The van der Waals surface area contributed by atoms with Gasteiger partial charge in [-0.3, -0.25) is 0 Å². The Bertz CT molecular complexity index is 305. The van der Waals surface area contributed by atoms with Gasteiger partial charge in [0.25, 0.3) is 0 Å². The van der Waals surface area contributed by atoms with Crippen LogP contribution in [0.2, 0.25) is 0 Å². The molecule has 0 heterocycles. The zero-order valence-electron chi connectivity index (χ0n) is 12.2. The second kappa shape index (κ2) is 12.0. The minimum atomic E-state index is 1.00. The highest BCUT2D eigenvalue weighted by Crippen LogP contribution is 2.08. The average Bonchev–Trinajstić information content (AvgIpc) is 2.46. The molecule has 0 bridgehead atoms. The Morgan fingerprint density at radius 1 is 0.842 bits per heavy atom. The van der Waals surface area contributed by atoms with Crippen LogP contribution in [0.15, 0.2) is 43.0 Å². The summed E-state index contributed by atoms with van der Waals surface area (Å²) < 4.78 is 0. The first-order valence-electron chi connectivity index (χ1n) is 7.79. The first kappa shape index (κ1) is 16.0. The van der Waals surface area contributed by atoms with E-state index in [1.54, 1.807) is 0 Å². The van der Waals surface area contributed by atoms with Gasteiger partial charge in [0.2, 0.25) is 0 Å². The minimum absolute atomic E-state index is 1.00. The molecule has 1 aromatic carbocycles. The molecule has 1 N–H and O–H groups in total. The molecule has 19 heavy (non-hydrogen) atoms. The standard InChI is InChI=1S/C18H29N/c1-2-3-4-5-6-7-8-9-13-16-19-17-18-14-11-10-12-15-18/h2,10-12,14-15,19H,1,3-9,13,16-17H2. The molecule has 1 heteroatoms. The van der Waals surface area contributed by atoms with Crippen LogP contribution in [0, 0.1) is 0 Å². The quantitative estimate of drug-likeness (QED) is 0.407. The van der Waals surface area contributed by atoms with E-state index >= 15 is 0 Å². The Hall–Kier alpha value is -1.08. The van der Waals surface area contributed by atoms with Gasteiger partial charge in [-0.2, -0.15) is 0 Å². The number of benzene rings is 1. The first-order valence-corrected chi connectivity index (χ1v) is 7.79. The van der Waals surface area contributed by atoms with Crippen LogP contribution in [-0.4, -0.2) is 6.54 Å². The van der Waals surface area contributed by atoms with Crippen LogP contribution in [0.4, 0.5) is 0 Å². The summed E-state index contributed by atoms with van der Waals surface area (Å²) in [4.78, 5) is 0. The van der Waals surface area contributed by atoms with Gasteiger partial charge in [-0.05, 0) is 31.4 Å². The smallest absolute Gasteiger partial charge is 0.0205 e. The van der Waals surface area contributed by atoms with E-state index < -0.39 is 0 Å². The minimum Gasteiger partial charge on any atom is -0.313 e. The lowest BCUT2D eigenvalue weighted by molar-refractivity contribution is 0.558. The highest BCUT2D eigenvalue weighted by molar-refractivity contribution is 5.14. The molecule has 0 saturated heterocycles. The summed E-state index contributed by atoms with van der Waals surface area (Å²) in [6.45, 7) is 5.90. The lowest BCUT2D eigenvalue weighted by atomic mass is 10.1. The van der Waals surface area contributed by atoms with E-state index in [1.165, 1.54) is 56.9 Å². The average molecular weight is 259 g/mol. The topological polar surface area (TPSA) is 12.0 Å². The number of hydrogen-bond donors (Lipinski definition) is 1. The summed E-state index contributed by atoms with van der Waals surface area (Å²) in [5.74, 6) is 0. The Balaban J connectivity index is 1.80. The third-order valence-electron chi connectivity index (χ3n) is 3.43. The molecular weight excluding hydrogens is 230 g/mol. The fraction of sp³-hybridized carbons (Fsp3) is 0.556. The molecule has 0 amide bonds. The molecule has 0 aliphatic rings. The maximum Gasteiger partial charge on any atom is 0.0205 e. The van der Waals surface area contributed by atoms with Crippen molar-refractivity contribution in [2.24, 2.45) is 0 Å². The molecule has 0 spiro atoms. The molecule has 0 saturated carbocycles. The van der Waals surface area contributed by atoms with Gasteiger partial charge in [-0.1, -0.05) is 68.5 Å². The zero-order valence-corrected chi connectivity index (χ0v) is 12.2. The van der Waals surface area contributed by atoms with E-state index in [0.717, 1.165) is 13.1 Å². The number of unbranched alkanes of at least 4 members (excludes halogenated alkanes) is 7. The van der Waals surface area contributed by atoms with E-state index in [-0.39, 0.29) is 0 Å². The first-order chi connectivity index (χ1) is 9.43. The van der Waals surface area contributed by atoms with E-state index in [4.69, 9.17) is 0 Å². The molecule has 1 aromatic rings. The normalized spacial score (nSPS) is 10.5. The zero-order chi connectivity index (χ0) is 13.6. The van der Waals surface area contributed by atoms with Gasteiger partial charge in [0, 0.05) is 6.54 Å². The van der Waals surface area contributed by atoms with E-state index in [0.29, 0.717) is 0 Å². The van der Waals surface area contributed by atoms with Crippen molar-refractivity contribution in [1.29, 1.82) is 0 Å². The molecule has 0 atom stereocenters. The van der Waals surface area contributed by atoms with Crippen molar-refractivity contribution in [3.8, 4) is 0 Å². The van der Waals surface area contributed by atoms with Crippen molar-refractivity contribution in [2.45, 2.75) is 57.9 Å². The second-order valence-electron chi connectivity index (χ2n) is 5.21. The van der Waals surface area contributed by atoms with Gasteiger partial charge < -0.3 is 5.32 Å². The highest BCUT2D eigenvalue weighted by atomic mass is 14.8. The van der Waals surface area contributed by atoms with Gasteiger partial charge in [-0.25, -0.2) is 0 Å². The predicted octanol–water partition coefficient (Wildman–Crippen LogP) is 5.08. The fourth-order valence-corrected chi connectivity index (χ4v) is 2.25. The van der Waals surface area contributed by atoms with Gasteiger partial charge in [0.1, 0.15) is 0 Å². The monoisotopic (exact) mass is 259 g/mol. The molecule has 1 nitrogen and oxygen atoms in total. The largest absolute Gasteiger partial charge is 0.313 e. The van der Waals surface area contributed by atoms with Gasteiger partial charge in [0.15, 0.2) is 0 Å². The van der Waals surface area contributed by atoms with Crippen LogP contribution in [-0.2, 0) is 6.54 Å². The lowest BCUT2D eigenvalue weighted by Crippen LogP contribution is -2.14. The maximum atomic E-state index is 3.75. The molecule has 0 aromatic heterocycles. The number of allylic oxidation sites excluding steroid dienone is 1. The predicted molar refractivity (Wildman–Crippen MR) is 85.3 cm³/mol. The van der Waals surface area contributed by atoms with E-state index in [9.17, 15) is 0 Å². The van der Waals surface area contributed by atoms with Crippen molar-refractivity contribution in [1.82, 2.24) is 5.32 Å². The Morgan fingerprint density at radius 3 is 2.16 bits per heavy atom. The van der Waals surface area contributed by atoms with Crippen LogP contribution in [0.5, 0.6) is 0 Å². The lowest BCUT2D eigenvalue weighted by Gasteiger charge is -2.05. The molecular formula is C18H29N. The molecule has 0 radical (unpaired) electrons. The summed E-state index contributed by atoms with van der Waals surface area (Å²) in [5, 5.41) is 3.51. The highest BCUT2D eigenvalue weighted by Gasteiger charge is 1.93. The summed E-state index contributed by atoms with van der Waals surface area (Å²) in [5.41, 5.74) is 1.38. The summed E-state index contributed by atoms with van der Waals surface area (Å²) >= 11 is 0. The number of hydrogen-bond acceptors (Lipinski definition) is 1. The Labute approximate surface area is 119 Å². The number of rotatable bonds is 12. The molecule has 106 valence electrons. The van der Waals surface area contributed by atoms with E-state index in [2.05, 4.69) is 42.2 Å². The molecule has 0 fully saturated rings. The van der Waals surface area contributed by atoms with Crippen LogP contribution in [0.1, 0.15) is 56.9 Å². The third kappa shape index (κ3) is 9.49. The third-order valence-corrected chi connectivity index (χ3v) is 3.43. The molecule has 0 aliphatic heterocycles. The SMILES string of the molecule is C=CCCCCCCCCCNCc1ccccc1.